The van der Waals surface area contributed by atoms with Crippen LogP contribution in [0.3, 0.4) is 0 Å². The molecule has 2 heterocycles. The minimum absolute atomic E-state index is 0.00748. The van der Waals surface area contributed by atoms with Gasteiger partial charge in [0.1, 0.15) is 5.70 Å². The maximum atomic E-state index is 14.2. The Morgan fingerprint density at radius 2 is 1.43 bits per heavy atom. The highest BCUT2D eigenvalue weighted by molar-refractivity contribution is 6.10. The topological polar surface area (TPSA) is 18.8 Å². The van der Waals surface area contributed by atoms with E-state index in [0.29, 0.717) is 11.1 Å². The molecule has 4 rings (SSSR count). The van der Waals surface area contributed by atoms with Gasteiger partial charge in [0.2, 0.25) is 0 Å². The van der Waals surface area contributed by atoms with E-state index in [1.807, 2.05) is 6.07 Å². The molecule has 3 nitrogen and oxygen atoms in total. The number of nitrogens with zero attached hydrogens (tertiary/aromatic N) is 3. The van der Waals surface area contributed by atoms with Gasteiger partial charge in [-0.2, -0.15) is 26.3 Å². The molecule has 0 atom stereocenters. The Kier molecular flexibility index (Phi) is 6.05. The molecule has 0 aromatic heterocycles. The molecule has 0 amide bonds. The first-order valence-corrected chi connectivity index (χ1v) is 10.7. The average Bonchev–Trinajstić information content (AvgIpc) is 3.15. The van der Waals surface area contributed by atoms with Crippen molar-refractivity contribution in [3.63, 3.8) is 0 Å². The molecule has 0 unspecified atom stereocenters. The number of halogens is 6. The number of hydrazine groups is 1. The van der Waals surface area contributed by atoms with Crippen molar-refractivity contribution < 1.29 is 26.3 Å². The predicted molar refractivity (Wildman–Crippen MR) is 121 cm³/mol. The Morgan fingerprint density at radius 1 is 0.800 bits per heavy atom. The third kappa shape index (κ3) is 5.13. The third-order valence-corrected chi connectivity index (χ3v) is 5.45. The molecule has 0 N–H and O–H groups in total. The second-order valence-electron chi connectivity index (χ2n) is 9.06. The summed E-state index contributed by atoms with van der Waals surface area (Å²) < 4.78 is 81.6. The summed E-state index contributed by atoms with van der Waals surface area (Å²) in [7, 11) is 0. The minimum Gasteiger partial charge on any atom is -0.250 e. The molecular weight excluding hydrogens is 468 g/mol. The van der Waals surface area contributed by atoms with Gasteiger partial charge in [-0.05, 0) is 51.1 Å². The number of rotatable bonds is 1. The zero-order chi connectivity index (χ0) is 25.6. The van der Waals surface area contributed by atoms with Gasteiger partial charge in [0.25, 0.3) is 0 Å². The Balaban J connectivity index is 1.87. The van der Waals surface area contributed by atoms with Gasteiger partial charge < -0.3 is 0 Å². The molecular formula is C26H21F6N3. The summed E-state index contributed by atoms with van der Waals surface area (Å²) in [5, 5.41) is 2.55. The molecule has 0 saturated carbocycles. The Hall–Kier alpha value is -3.51. The van der Waals surface area contributed by atoms with Crippen molar-refractivity contribution in [2.75, 3.05) is 6.54 Å². The van der Waals surface area contributed by atoms with Crippen LogP contribution in [0.2, 0.25) is 0 Å². The molecule has 2 aliphatic rings. The second kappa shape index (κ2) is 8.61. The van der Waals surface area contributed by atoms with E-state index in [1.165, 1.54) is 5.01 Å². The summed E-state index contributed by atoms with van der Waals surface area (Å²) >= 11 is 0. The quantitative estimate of drug-likeness (QED) is 0.334. The zero-order valence-electron chi connectivity index (χ0n) is 19.1. The van der Waals surface area contributed by atoms with E-state index < -0.39 is 29.2 Å². The van der Waals surface area contributed by atoms with Gasteiger partial charge in [0.05, 0.1) is 23.4 Å². The minimum atomic E-state index is -4.75. The lowest BCUT2D eigenvalue weighted by Gasteiger charge is -2.42. The molecule has 0 spiro atoms. The number of fused-ring (bicyclic) bond motifs is 1. The number of benzene rings is 2. The lowest BCUT2D eigenvalue weighted by molar-refractivity contribution is -0.140. The molecule has 2 aromatic rings. The molecule has 2 aromatic carbocycles. The zero-order valence-corrected chi connectivity index (χ0v) is 19.1. The van der Waals surface area contributed by atoms with Crippen molar-refractivity contribution in [3.05, 3.63) is 94.5 Å². The molecule has 182 valence electrons. The van der Waals surface area contributed by atoms with Crippen LogP contribution in [0.5, 0.6) is 0 Å². The fraction of sp³-hybridized carbons (Fsp3) is 0.269. The van der Waals surface area contributed by atoms with Crippen LogP contribution in [0.1, 0.15) is 37.5 Å². The van der Waals surface area contributed by atoms with Crippen molar-refractivity contribution >= 4 is 5.71 Å². The van der Waals surface area contributed by atoms with Crippen LogP contribution in [-0.4, -0.2) is 34.0 Å². The molecule has 0 aliphatic carbocycles. The lowest BCUT2D eigenvalue weighted by atomic mass is 10.0. The van der Waals surface area contributed by atoms with Crippen LogP contribution in [0.4, 0.5) is 26.3 Å². The highest BCUT2D eigenvalue weighted by atomic mass is 19.4. The van der Waals surface area contributed by atoms with Crippen molar-refractivity contribution in [1.82, 2.24) is 10.0 Å². The SMILES string of the molecule is CC(C)(C)N1CC(C#Cc2ccccc2)=C2N=C(c3ccc(C(F)(F)F)cc3)C=C(C(F)(F)F)N21. The second-order valence-corrected chi connectivity index (χ2v) is 9.06. The molecule has 35 heavy (non-hydrogen) atoms. The van der Waals surface area contributed by atoms with Gasteiger partial charge >= 0.3 is 12.4 Å². The highest BCUT2D eigenvalue weighted by Crippen LogP contribution is 2.42. The standard InChI is InChI=1S/C26H21F6N3/c1-24(2,3)34-16-19(10-9-17-7-5-4-6-8-17)23-33-21(15-22(35(23)34)26(30,31)32)18-11-13-20(14-12-18)25(27,28)29/h4-8,11-15H,16H2,1-3H3. The van der Waals surface area contributed by atoms with Gasteiger partial charge in [-0.15, -0.1) is 0 Å². The van der Waals surface area contributed by atoms with Crippen molar-refractivity contribution in [3.8, 4) is 11.8 Å². The van der Waals surface area contributed by atoms with Crippen LogP contribution in [-0.2, 0) is 6.18 Å². The van der Waals surface area contributed by atoms with E-state index in [4.69, 9.17) is 0 Å². The average molecular weight is 489 g/mol. The van der Waals surface area contributed by atoms with E-state index in [0.717, 1.165) is 35.4 Å². The van der Waals surface area contributed by atoms with E-state index in [9.17, 15) is 26.3 Å². The van der Waals surface area contributed by atoms with Gasteiger partial charge in [-0.25, -0.2) is 10.0 Å². The van der Waals surface area contributed by atoms with E-state index in [1.54, 1.807) is 45.0 Å². The summed E-state index contributed by atoms with van der Waals surface area (Å²) in [6.07, 6.45) is -8.44. The van der Waals surface area contributed by atoms with Crippen molar-refractivity contribution in [1.29, 1.82) is 0 Å². The molecule has 0 radical (unpaired) electrons. The fourth-order valence-corrected chi connectivity index (χ4v) is 3.71. The van der Waals surface area contributed by atoms with E-state index >= 15 is 0 Å². The largest absolute Gasteiger partial charge is 0.433 e. The first kappa shape index (κ1) is 24.6. The summed E-state index contributed by atoms with van der Waals surface area (Å²) in [5.74, 6) is 5.94. The maximum absolute atomic E-state index is 14.2. The molecule has 2 aliphatic heterocycles. The Bertz CT molecular complexity index is 1270. The predicted octanol–water partition coefficient (Wildman–Crippen LogP) is 6.55. The van der Waals surface area contributed by atoms with Gasteiger partial charge in [0.15, 0.2) is 5.82 Å². The monoisotopic (exact) mass is 489 g/mol. The first-order valence-electron chi connectivity index (χ1n) is 10.7. The number of hydrogen-bond donors (Lipinski definition) is 0. The molecule has 0 fully saturated rings. The van der Waals surface area contributed by atoms with Crippen LogP contribution < -0.4 is 0 Å². The summed E-state index contributed by atoms with van der Waals surface area (Å²) in [6, 6.07) is 12.9. The summed E-state index contributed by atoms with van der Waals surface area (Å²) in [6.45, 7) is 5.43. The van der Waals surface area contributed by atoms with Crippen LogP contribution in [0.25, 0.3) is 0 Å². The van der Waals surface area contributed by atoms with Crippen LogP contribution in [0.15, 0.2) is 82.8 Å². The van der Waals surface area contributed by atoms with Gasteiger partial charge in [-0.1, -0.05) is 42.2 Å². The highest BCUT2D eigenvalue weighted by Gasteiger charge is 2.49. The van der Waals surface area contributed by atoms with Gasteiger partial charge in [0, 0.05) is 16.7 Å². The van der Waals surface area contributed by atoms with E-state index in [-0.39, 0.29) is 23.6 Å². The Morgan fingerprint density at radius 3 is 1.97 bits per heavy atom. The third-order valence-electron chi connectivity index (χ3n) is 5.45. The number of aliphatic imine (C=N–C) groups is 1. The number of alkyl halides is 6. The number of hydrogen-bond acceptors (Lipinski definition) is 3. The normalized spacial score (nSPS) is 17.0. The van der Waals surface area contributed by atoms with Gasteiger partial charge in [-0.3, -0.25) is 5.01 Å². The first-order chi connectivity index (χ1) is 16.2. The van der Waals surface area contributed by atoms with E-state index in [2.05, 4.69) is 16.8 Å². The number of allylic oxidation sites excluding steroid dienone is 2. The molecule has 9 heteroatoms. The van der Waals surface area contributed by atoms with Crippen molar-refractivity contribution in [2.24, 2.45) is 4.99 Å². The van der Waals surface area contributed by atoms with Crippen LogP contribution >= 0.6 is 0 Å². The van der Waals surface area contributed by atoms with Crippen LogP contribution in [0, 0.1) is 11.8 Å². The summed E-state index contributed by atoms with van der Waals surface area (Å²) in [5.41, 5.74) is -1.47. The summed E-state index contributed by atoms with van der Waals surface area (Å²) in [4.78, 5) is 4.45. The fourth-order valence-electron chi connectivity index (χ4n) is 3.71. The molecule has 0 saturated heterocycles. The lowest BCUT2D eigenvalue weighted by Crippen LogP contribution is -2.51. The molecule has 0 bridgehead atoms. The maximum Gasteiger partial charge on any atom is 0.433 e. The van der Waals surface area contributed by atoms with Crippen molar-refractivity contribution in [2.45, 2.75) is 38.7 Å². The smallest absolute Gasteiger partial charge is 0.250 e. The Labute approximate surface area is 199 Å².